The molecule has 3 aromatic carbocycles. The Hall–Kier alpha value is -3.24. The average Bonchev–Trinajstić information content (AvgIpc) is 3.23. The van der Waals surface area contributed by atoms with E-state index >= 15 is 0 Å². The fourth-order valence-corrected chi connectivity index (χ4v) is 7.39. The highest BCUT2D eigenvalue weighted by atomic mass is 127. The van der Waals surface area contributed by atoms with Crippen molar-refractivity contribution in [1.82, 2.24) is 0 Å². The van der Waals surface area contributed by atoms with Crippen LogP contribution in [0.1, 0.15) is 126 Å². The zero-order valence-electron chi connectivity index (χ0n) is 41.0. The summed E-state index contributed by atoms with van der Waals surface area (Å²) in [5, 5.41) is 0. The van der Waals surface area contributed by atoms with Crippen molar-refractivity contribution in [3.8, 4) is 17.2 Å². The van der Waals surface area contributed by atoms with Crippen molar-refractivity contribution in [2.24, 2.45) is 0 Å². The van der Waals surface area contributed by atoms with Gasteiger partial charge in [-0.25, -0.2) is 14.4 Å². The Morgan fingerprint density at radius 1 is 0.545 bits per heavy atom. The Morgan fingerprint density at radius 3 is 1.27 bits per heavy atom. The smallest absolute Gasteiger partial charge is 0.333 e. The Kier molecular flexibility index (Phi) is 27.3. The Balaban J connectivity index is 0.000000496. The molecule has 0 amide bonds. The topological polar surface area (TPSA) is 134 Å². The minimum absolute atomic E-state index is 0.298. The molecule has 12 nitrogen and oxygen atoms in total. The zero-order chi connectivity index (χ0) is 50.5. The number of hydrogen-bond acceptors (Lipinski definition) is 12. The molecule has 15 heteroatoms. The lowest BCUT2D eigenvalue weighted by Gasteiger charge is -2.29. The van der Waals surface area contributed by atoms with Gasteiger partial charge < -0.3 is 42.6 Å². The first-order valence-electron chi connectivity index (χ1n) is 21.6. The standard InChI is InChI=1S/C18H25IO4.C17H23IO4.C16H21IO4/c1-7-18(6,23-17(20)12(3)4)14-9-10-16(15(19)11-14)22-13(5)21-8-2;1-7-20-12(4)21-15-9-8-13(10-14(15)18)17(5,6)22-16(19)11(2)3;1-6-19-12(5)21-15-8-7-13(9-14(15)17)11(4)20-16(18)10(2)3/h9-11,13H,3,7-8H2,1-2,4-6H3;8-10,12H,2,7H2,1,3-6H3;7-9,11-12H,2,6H2,1,3-5H3. The normalized spacial score (nSPS) is 13.6. The van der Waals surface area contributed by atoms with Gasteiger partial charge in [0.2, 0.25) is 0 Å². The predicted octanol–water partition coefficient (Wildman–Crippen LogP) is 13.4. The van der Waals surface area contributed by atoms with Crippen LogP contribution >= 0.6 is 67.8 Å². The molecule has 3 rings (SSSR count). The largest absolute Gasteiger partial charge is 0.464 e. The number of carbonyl (C=O) groups is 3. The van der Waals surface area contributed by atoms with E-state index in [1.807, 2.05) is 131 Å². The molecule has 0 aliphatic heterocycles. The molecule has 5 unspecified atom stereocenters. The summed E-state index contributed by atoms with van der Waals surface area (Å²) < 4.78 is 52.5. The minimum Gasteiger partial charge on any atom is -0.464 e. The molecule has 0 aliphatic carbocycles. The average molecular weight is 1250 g/mol. The number of benzene rings is 3. The monoisotopic (exact) mass is 1250 g/mol. The lowest BCUT2D eigenvalue weighted by molar-refractivity contribution is -0.155. The van der Waals surface area contributed by atoms with E-state index in [9.17, 15) is 14.4 Å². The van der Waals surface area contributed by atoms with Gasteiger partial charge in [-0.2, -0.15) is 0 Å². The third kappa shape index (κ3) is 21.0. The molecule has 66 heavy (non-hydrogen) atoms. The second-order valence-corrected chi connectivity index (χ2v) is 19.2. The highest BCUT2D eigenvalue weighted by Gasteiger charge is 2.30. The molecule has 5 atom stereocenters. The van der Waals surface area contributed by atoms with Crippen LogP contribution in [0.3, 0.4) is 0 Å². The second kappa shape index (κ2) is 29.6. The van der Waals surface area contributed by atoms with Crippen LogP contribution < -0.4 is 14.2 Å². The molecule has 0 fully saturated rings. The summed E-state index contributed by atoms with van der Waals surface area (Å²) in [4.78, 5) is 35.2. The fourth-order valence-electron chi connectivity index (χ4n) is 5.44. The molecule has 0 saturated heterocycles. The number of esters is 3. The van der Waals surface area contributed by atoms with Gasteiger partial charge in [-0.05, 0) is 217 Å². The Bertz CT molecular complexity index is 2100. The van der Waals surface area contributed by atoms with E-state index in [1.54, 1.807) is 20.8 Å². The summed E-state index contributed by atoms with van der Waals surface area (Å²) in [6.45, 7) is 38.3. The molecular weight excluding hydrogens is 1190 g/mol. The van der Waals surface area contributed by atoms with E-state index in [0.29, 0.717) is 43.0 Å². The highest BCUT2D eigenvalue weighted by molar-refractivity contribution is 14.1. The van der Waals surface area contributed by atoms with Gasteiger partial charge in [0.05, 0.1) is 10.7 Å². The van der Waals surface area contributed by atoms with Gasteiger partial charge in [0.15, 0.2) is 18.9 Å². The number of ether oxygens (including phenoxy) is 9. The lowest BCUT2D eigenvalue weighted by atomic mass is 9.93. The molecule has 366 valence electrons. The summed E-state index contributed by atoms with van der Waals surface area (Å²) >= 11 is 6.60. The molecule has 0 radical (unpaired) electrons. The first-order chi connectivity index (χ1) is 30.7. The molecule has 3 aromatic rings. The Morgan fingerprint density at radius 2 is 0.909 bits per heavy atom. The summed E-state index contributed by atoms with van der Waals surface area (Å²) in [7, 11) is 0. The van der Waals surface area contributed by atoms with Gasteiger partial charge in [0, 0.05) is 36.5 Å². The van der Waals surface area contributed by atoms with Crippen LogP contribution in [0.25, 0.3) is 0 Å². The lowest BCUT2D eigenvalue weighted by Crippen LogP contribution is -2.29. The van der Waals surface area contributed by atoms with Gasteiger partial charge in [-0.15, -0.1) is 0 Å². The van der Waals surface area contributed by atoms with Gasteiger partial charge in [-0.1, -0.05) is 44.9 Å². The van der Waals surface area contributed by atoms with E-state index in [1.165, 1.54) is 0 Å². The van der Waals surface area contributed by atoms with Crippen molar-refractivity contribution in [3.63, 3.8) is 0 Å². The van der Waals surface area contributed by atoms with Crippen LogP contribution in [-0.2, 0) is 54.0 Å². The first-order valence-corrected chi connectivity index (χ1v) is 24.9. The van der Waals surface area contributed by atoms with Gasteiger partial charge in [0.1, 0.15) is 34.6 Å². The number of halogens is 3. The van der Waals surface area contributed by atoms with Crippen molar-refractivity contribution < 1.29 is 57.0 Å². The van der Waals surface area contributed by atoms with Crippen LogP contribution in [0, 0.1) is 10.7 Å². The molecule has 0 aliphatic rings. The molecule has 0 spiro atoms. The number of hydrogen-bond donors (Lipinski definition) is 0. The first kappa shape index (κ1) is 60.8. The summed E-state index contributed by atoms with van der Waals surface area (Å²) in [5.41, 5.74) is 2.46. The summed E-state index contributed by atoms with van der Waals surface area (Å²) in [5.74, 6) is 1.08. The Labute approximate surface area is 434 Å². The van der Waals surface area contributed by atoms with E-state index in [0.717, 1.165) is 44.6 Å². The minimum atomic E-state index is -0.736. The van der Waals surface area contributed by atoms with Gasteiger partial charge >= 0.3 is 17.9 Å². The quantitative estimate of drug-likeness (QED) is 0.0312. The molecule has 0 saturated carbocycles. The molecule has 0 aromatic heterocycles. The van der Waals surface area contributed by atoms with Crippen molar-refractivity contribution in [2.45, 2.75) is 140 Å². The van der Waals surface area contributed by atoms with E-state index in [4.69, 9.17) is 42.6 Å². The van der Waals surface area contributed by atoms with Crippen LogP contribution in [-0.4, -0.2) is 56.6 Å². The van der Waals surface area contributed by atoms with E-state index < -0.39 is 17.2 Å². The predicted molar refractivity (Wildman–Crippen MR) is 284 cm³/mol. The van der Waals surface area contributed by atoms with Crippen molar-refractivity contribution >= 4 is 85.7 Å². The maximum absolute atomic E-state index is 11.9. The highest BCUT2D eigenvalue weighted by Crippen LogP contribution is 2.35. The second-order valence-electron chi connectivity index (χ2n) is 15.7. The third-order valence-electron chi connectivity index (χ3n) is 9.35. The van der Waals surface area contributed by atoms with Crippen LogP contribution in [0.5, 0.6) is 17.2 Å². The zero-order valence-corrected chi connectivity index (χ0v) is 47.5. The molecule has 0 heterocycles. The maximum Gasteiger partial charge on any atom is 0.333 e. The van der Waals surface area contributed by atoms with Crippen LogP contribution in [0.15, 0.2) is 91.1 Å². The van der Waals surface area contributed by atoms with Crippen LogP contribution in [0.2, 0.25) is 0 Å². The fraction of sp³-hybridized carbons (Fsp3) is 0.471. The van der Waals surface area contributed by atoms with Crippen molar-refractivity contribution in [3.05, 3.63) is 118 Å². The maximum atomic E-state index is 11.9. The van der Waals surface area contributed by atoms with E-state index in [2.05, 4.69) is 87.5 Å². The third-order valence-corrected chi connectivity index (χ3v) is 11.9. The van der Waals surface area contributed by atoms with Gasteiger partial charge in [0.25, 0.3) is 0 Å². The number of rotatable bonds is 22. The summed E-state index contributed by atoms with van der Waals surface area (Å²) in [6, 6.07) is 17.2. The van der Waals surface area contributed by atoms with Crippen LogP contribution in [0.4, 0.5) is 0 Å². The van der Waals surface area contributed by atoms with Crippen molar-refractivity contribution in [2.75, 3.05) is 19.8 Å². The van der Waals surface area contributed by atoms with E-state index in [-0.39, 0.29) is 36.9 Å². The van der Waals surface area contributed by atoms with Gasteiger partial charge in [-0.3, -0.25) is 0 Å². The molecular formula is C51H69I3O12. The number of carbonyl (C=O) groups excluding carboxylic acids is 3. The summed E-state index contributed by atoms with van der Waals surface area (Å²) in [6.07, 6.45) is -0.580. The SMILES string of the molecule is C=C(C)C(=O)OC(C)(C)c1ccc(OC(C)OCC)c(I)c1.C=C(C)C(=O)OC(C)(CC)c1ccc(OC(C)OCC)c(I)c1.C=C(C)C(=O)OC(C)c1ccc(OC(C)OCC)c(I)c1. The molecule has 0 N–H and O–H groups in total. The molecule has 0 bridgehead atoms. The van der Waals surface area contributed by atoms with Crippen molar-refractivity contribution in [1.29, 1.82) is 0 Å².